The van der Waals surface area contributed by atoms with Gasteiger partial charge in [-0.25, -0.2) is 0 Å². The Bertz CT molecular complexity index is 601. The maximum atomic E-state index is 12.6. The van der Waals surface area contributed by atoms with E-state index in [0.29, 0.717) is 6.42 Å². The first kappa shape index (κ1) is 34.7. The van der Waals surface area contributed by atoms with Crippen molar-refractivity contribution in [3.8, 4) is 0 Å². The Hall–Kier alpha value is -0.340. The number of carbonyl (C=O) groups excluding carboxylic acids is 1. The number of unbranched alkanes of at least 4 members (excludes halogenated alkanes) is 14. The first-order valence-corrected chi connectivity index (χ1v) is 15.2. The number of aliphatic hydroxyl groups excluding tert-OH is 1. The van der Waals surface area contributed by atoms with Crippen molar-refractivity contribution in [2.75, 3.05) is 27.7 Å². The maximum Gasteiger partial charge on any atom is 0.265 e. The van der Waals surface area contributed by atoms with Gasteiger partial charge in [0.25, 0.3) is 7.82 Å². The molecule has 0 saturated carbocycles. The highest BCUT2D eigenvalue weighted by molar-refractivity contribution is 7.44. The number of nitrogens with zero attached hydrogens (tertiary/aromatic N) is 1. The van der Waals surface area contributed by atoms with Gasteiger partial charge in [-0.15, -0.1) is 0 Å². The molecule has 4 unspecified atom stereocenters. The molecule has 0 amide bonds. The van der Waals surface area contributed by atoms with Crippen LogP contribution in [0, 0.1) is 0 Å². The molecular weight excluding hydrogens is 469 g/mol. The minimum atomic E-state index is -5.16. The molecule has 4 atom stereocenters. The predicted octanol–water partition coefficient (Wildman–Crippen LogP) is 4.48. The molecule has 0 aliphatic heterocycles. The van der Waals surface area contributed by atoms with Crippen molar-refractivity contribution >= 4 is 13.6 Å². The van der Waals surface area contributed by atoms with Crippen molar-refractivity contribution in [2.24, 2.45) is 0 Å². The second kappa shape index (κ2) is 18.0. The van der Waals surface area contributed by atoms with E-state index in [2.05, 4.69) is 11.4 Å². The van der Waals surface area contributed by atoms with Gasteiger partial charge in [-0.05, 0) is 13.3 Å². The summed E-state index contributed by atoms with van der Waals surface area (Å²) in [6, 6.07) is 0. The molecule has 0 bridgehead atoms. The predicted molar refractivity (Wildman–Crippen MR) is 139 cm³/mol. The largest absolute Gasteiger partial charge is 0.756 e. The van der Waals surface area contributed by atoms with Crippen LogP contribution in [0.2, 0.25) is 0 Å². The number of ketones is 1. The Labute approximate surface area is 214 Å². The van der Waals surface area contributed by atoms with Gasteiger partial charge in [-0.3, -0.25) is 9.36 Å². The van der Waals surface area contributed by atoms with Crippen molar-refractivity contribution in [1.29, 1.82) is 0 Å². The summed E-state index contributed by atoms with van der Waals surface area (Å²) in [5.41, 5.74) is -2.18. The van der Waals surface area contributed by atoms with E-state index in [-0.39, 0.29) is 17.4 Å². The number of rotatable bonds is 23. The Morgan fingerprint density at radius 3 is 1.60 bits per heavy atom. The lowest BCUT2D eigenvalue weighted by Crippen LogP contribution is -2.57. The van der Waals surface area contributed by atoms with Gasteiger partial charge in [0.2, 0.25) is 0 Å². The summed E-state index contributed by atoms with van der Waals surface area (Å²) in [4.78, 5) is 32.9. The van der Waals surface area contributed by atoms with E-state index >= 15 is 0 Å². The second-order valence-corrected chi connectivity index (χ2v) is 12.4. The van der Waals surface area contributed by atoms with E-state index in [9.17, 15) is 24.5 Å². The summed E-state index contributed by atoms with van der Waals surface area (Å²) >= 11 is 0. The van der Waals surface area contributed by atoms with Crippen LogP contribution in [0.4, 0.5) is 0 Å². The van der Waals surface area contributed by atoms with Gasteiger partial charge in [-0.1, -0.05) is 96.8 Å². The highest BCUT2D eigenvalue weighted by Crippen LogP contribution is 2.36. The number of Topliss-reactive ketones (excluding diaryl/α,β-unsaturated/α-hetero) is 1. The van der Waals surface area contributed by atoms with Crippen LogP contribution in [-0.4, -0.2) is 70.9 Å². The molecule has 0 aromatic rings. The minimum absolute atomic E-state index is 0.0314. The molecule has 210 valence electrons. The van der Waals surface area contributed by atoms with Gasteiger partial charge in [0.05, 0.1) is 21.1 Å². The van der Waals surface area contributed by atoms with Gasteiger partial charge < -0.3 is 29.0 Å². The fourth-order valence-electron chi connectivity index (χ4n) is 4.34. The Kier molecular flexibility index (Phi) is 17.8. The zero-order valence-electron chi connectivity index (χ0n) is 23.0. The van der Waals surface area contributed by atoms with Crippen molar-refractivity contribution in [3.63, 3.8) is 0 Å². The van der Waals surface area contributed by atoms with Gasteiger partial charge >= 0.3 is 0 Å². The third-order valence-corrected chi connectivity index (χ3v) is 7.03. The lowest BCUT2D eigenvalue weighted by molar-refractivity contribution is -0.873. The number of carbonyl (C=O) groups is 1. The molecule has 0 aromatic carbocycles. The van der Waals surface area contributed by atoms with Crippen molar-refractivity contribution in [2.45, 2.75) is 134 Å². The lowest BCUT2D eigenvalue weighted by Gasteiger charge is -2.38. The van der Waals surface area contributed by atoms with Crippen molar-refractivity contribution < 1.29 is 38.4 Å². The SMILES string of the molecule is CCCCCCCCCCCCCCCCCC(=O)C(C)(O)C(O)C(C[N+](C)(C)C)OP(=O)([O-])O. The lowest BCUT2D eigenvalue weighted by atomic mass is 9.87. The maximum absolute atomic E-state index is 12.6. The van der Waals surface area contributed by atoms with E-state index in [1.54, 1.807) is 21.1 Å². The Morgan fingerprint density at radius 2 is 1.26 bits per heavy atom. The number of quaternary nitrogens is 1. The molecule has 0 heterocycles. The summed E-state index contributed by atoms with van der Waals surface area (Å²) in [5.74, 6) is -0.562. The third kappa shape index (κ3) is 18.5. The Morgan fingerprint density at radius 1 is 0.886 bits per heavy atom. The molecule has 9 heteroatoms. The van der Waals surface area contributed by atoms with Crippen LogP contribution in [0.3, 0.4) is 0 Å². The molecule has 35 heavy (non-hydrogen) atoms. The highest BCUT2D eigenvalue weighted by atomic mass is 31.2. The fraction of sp³-hybridized carbons (Fsp3) is 0.962. The van der Waals surface area contributed by atoms with Crippen LogP contribution < -0.4 is 4.89 Å². The van der Waals surface area contributed by atoms with Gasteiger partial charge in [0, 0.05) is 6.42 Å². The zero-order valence-corrected chi connectivity index (χ0v) is 23.9. The number of aliphatic hydroxyl groups is 2. The topological polar surface area (TPSA) is 127 Å². The molecule has 0 rings (SSSR count). The van der Waals surface area contributed by atoms with Crippen LogP contribution >= 0.6 is 7.82 Å². The Balaban J connectivity index is 4.13. The fourth-order valence-corrected chi connectivity index (χ4v) is 4.86. The second-order valence-electron chi connectivity index (χ2n) is 11.3. The zero-order chi connectivity index (χ0) is 27.0. The number of hydrogen-bond acceptors (Lipinski definition) is 6. The first-order chi connectivity index (χ1) is 16.2. The summed E-state index contributed by atoms with van der Waals surface area (Å²) in [5, 5.41) is 21.3. The van der Waals surface area contributed by atoms with Crippen LogP contribution in [0.25, 0.3) is 0 Å². The molecule has 0 spiro atoms. The van der Waals surface area contributed by atoms with E-state index < -0.39 is 31.4 Å². The van der Waals surface area contributed by atoms with Crippen LogP contribution in [-0.2, 0) is 13.9 Å². The first-order valence-electron chi connectivity index (χ1n) is 13.7. The number of phosphoric ester groups is 1. The normalized spacial score (nSPS) is 17.5. The quantitative estimate of drug-likeness (QED) is 0.102. The smallest absolute Gasteiger partial charge is 0.265 e. The number of phosphoric acid groups is 1. The minimum Gasteiger partial charge on any atom is -0.756 e. The average Bonchev–Trinajstić information content (AvgIpc) is 2.73. The number of hydrogen-bond donors (Lipinski definition) is 3. The molecule has 8 nitrogen and oxygen atoms in total. The summed E-state index contributed by atoms with van der Waals surface area (Å²) < 4.78 is 16.1. The molecule has 0 radical (unpaired) electrons. The average molecular weight is 524 g/mol. The van der Waals surface area contributed by atoms with E-state index in [0.717, 1.165) is 19.3 Å². The molecule has 0 saturated heterocycles. The third-order valence-electron chi connectivity index (χ3n) is 6.50. The van der Waals surface area contributed by atoms with Crippen LogP contribution in [0.1, 0.15) is 117 Å². The highest BCUT2D eigenvalue weighted by Gasteiger charge is 2.45. The van der Waals surface area contributed by atoms with Gasteiger partial charge in [0.15, 0.2) is 5.78 Å². The monoisotopic (exact) mass is 523 g/mol. The standard InChI is InChI=1S/C26H54NO7P/c1-6-7-8-9-10-11-12-13-14-15-16-17-18-19-20-21-24(28)26(2,30)25(29)23(22-27(3,4)5)34-35(31,32)33/h23,25,29-30H,6-22H2,1-5H3,(H-,31,32,33). The van der Waals surface area contributed by atoms with Crippen molar-refractivity contribution in [1.82, 2.24) is 0 Å². The molecule has 0 aliphatic carbocycles. The van der Waals surface area contributed by atoms with Crippen LogP contribution in [0.5, 0.6) is 0 Å². The van der Waals surface area contributed by atoms with Crippen LogP contribution in [0.15, 0.2) is 0 Å². The van der Waals surface area contributed by atoms with E-state index in [4.69, 9.17) is 4.89 Å². The van der Waals surface area contributed by atoms with Gasteiger partial charge in [0.1, 0.15) is 24.4 Å². The molecular formula is C26H54NO7P. The molecule has 0 aromatic heterocycles. The van der Waals surface area contributed by atoms with Gasteiger partial charge in [-0.2, -0.15) is 0 Å². The number of likely N-dealkylation sites (N-methyl/N-ethyl adjacent to an activating group) is 1. The molecule has 3 N–H and O–H groups in total. The molecule has 0 aliphatic rings. The molecule has 0 fully saturated rings. The summed E-state index contributed by atoms with van der Waals surface area (Å²) in [7, 11) is 0.0576. The summed E-state index contributed by atoms with van der Waals surface area (Å²) in [6.45, 7) is 3.38. The van der Waals surface area contributed by atoms with E-state index in [1.165, 1.54) is 77.6 Å². The van der Waals surface area contributed by atoms with Crippen molar-refractivity contribution in [3.05, 3.63) is 0 Å². The summed E-state index contributed by atoms with van der Waals surface area (Å²) in [6.07, 6.45) is 15.0. The van der Waals surface area contributed by atoms with E-state index in [1.807, 2.05) is 0 Å².